The molecule has 0 heterocycles. The minimum Gasteiger partial charge on any atom is -0.494 e. The second-order valence-electron chi connectivity index (χ2n) is 9.38. The first kappa shape index (κ1) is 28.5. The molecule has 0 aliphatic heterocycles. The first-order valence-corrected chi connectivity index (χ1v) is 13.3. The lowest BCUT2D eigenvalue weighted by Gasteiger charge is -2.32. The molecule has 1 atom stereocenters. The highest BCUT2D eigenvalue weighted by Crippen LogP contribution is 2.24. The zero-order valence-corrected chi connectivity index (χ0v) is 22.8. The second-order valence-corrected chi connectivity index (χ2v) is 10.2. The van der Waals surface area contributed by atoms with Gasteiger partial charge in [-0.2, -0.15) is 0 Å². The molecule has 1 unspecified atom stereocenters. The number of nitrogens with one attached hydrogen (secondary N) is 1. The molecule has 0 saturated heterocycles. The lowest BCUT2D eigenvalue weighted by atomic mass is 10.0. The summed E-state index contributed by atoms with van der Waals surface area (Å²) >= 11 is 12.4. The van der Waals surface area contributed by atoms with Crippen LogP contribution in [0.4, 0.5) is 0 Å². The number of carbonyl (C=O) groups excluding carboxylic acids is 2. The number of amides is 2. The van der Waals surface area contributed by atoms with Crippen LogP contribution in [0.2, 0.25) is 10.0 Å². The zero-order valence-electron chi connectivity index (χ0n) is 21.3. The predicted molar refractivity (Wildman–Crippen MR) is 150 cm³/mol. The van der Waals surface area contributed by atoms with Crippen molar-refractivity contribution in [2.24, 2.45) is 5.92 Å². The van der Waals surface area contributed by atoms with Crippen LogP contribution in [0.25, 0.3) is 0 Å². The third-order valence-corrected chi connectivity index (χ3v) is 6.58. The summed E-state index contributed by atoms with van der Waals surface area (Å²) in [6.07, 6.45) is 1.17. The fraction of sp³-hybridized carbons (Fsp3) is 0.333. The maximum Gasteiger partial charge on any atom is 0.243 e. The van der Waals surface area contributed by atoms with Crippen LogP contribution in [-0.4, -0.2) is 35.9 Å². The summed E-state index contributed by atoms with van der Waals surface area (Å²) in [5.74, 6) is 0.753. The lowest BCUT2D eigenvalue weighted by molar-refractivity contribution is -0.141. The third kappa shape index (κ3) is 9.42. The van der Waals surface area contributed by atoms with Gasteiger partial charge in [0.15, 0.2) is 0 Å². The topological polar surface area (TPSA) is 58.6 Å². The van der Waals surface area contributed by atoms with E-state index in [2.05, 4.69) is 5.32 Å². The standard InChI is InChI=1S/C30H34Cl2N2O3/c1-22(2)20-33-30(36)28(19-23-10-5-3-6-11-23)34(21-24-15-16-26(31)27(32)18-24)29(35)14-9-17-37-25-12-7-4-8-13-25/h3-8,10-13,15-16,18,22,28H,9,14,17,19-21H2,1-2H3,(H,33,36). The first-order valence-electron chi connectivity index (χ1n) is 12.6. The van der Waals surface area contributed by atoms with E-state index in [9.17, 15) is 9.59 Å². The van der Waals surface area contributed by atoms with E-state index in [-0.39, 0.29) is 30.7 Å². The molecule has 1 N–H and O–H groups in total. The van der Waals surface area contributed by atoms with Gasteiger partial charge in [-0.1, -0.05) is 91.6 Å². The molecule has 0 aliphatic carbocycles. The number of hydrogen-bond donors (Lipinski definition) is 1. The van der Waals surface area contributed by atoms with Crippen LogP contribution in [0, 0.1) is 5.92 Å². The number of nitrogens with zero attached hydrogens (tertiary/aromatic N) is 1. The summed E-state index contributed by atoms with van der Waals surface area (Å²) < 4.78 is 5.77. The van der Waals surface area contributed by atoms with Crippen LogP contribution in [-0.2, 0) is 22.6 Å². The van der Waals surface area contributed by atoms with Gasteiger partial charge in [-0.3, -0.25) is 9.59 Å². The second kappa shape index (κ2) is 14.7. The number of benzene rings is 3. The number of ether oxygens (including phenoxy) is 1. The van der Waals surface area contributed by atoms with Gasteiger partial charge in [0, 0.05) is 25.9 Å². The minimum atomic E-state index is -0.682. The van der Waals surface area contributed by atoms with Crippen molar-refractivity contribution in [2.75, 3.05) is 13.2 Å². The molecule has 2 amide bonds. The Morgan fingerprint density at radius 1 is 0.892 bits per heavy atom. The predicted octanol–water partition coefficient (Wildman–Crippen LogP) is 6.56. The SMILES string of the molecule is CC(C)CNC(=O)C(Cc1ccccc1)N(Cc1ccc(Cl)c(Cl)c1)C(=O)CCCOc1ccccc1. The van der Waals surface area contributed by atoms with E-state index in [1.807, 2.05) is 80.6 Å². The molecule has 3 aromatic rings. The number of para-hydroxylation sites is 1. The highest BCUT2D eigenvalue weighted by molar-refractivity contribution is 6.42. The lowest BCUT2D eigenvalue weighted by Crippen LogP contribution is -2.51. The van der Waals surface area contributed by atoms with E-state index in [1.54, 1.807) is 17.0 Å². The number of halogens is 2. The molecule has 0 aromatic heterocycles. The first-order chi connectivity index (χ1) is 17.8. The Morgan fingerprint density at radius 2 is 1.57 bits per heavy atom. The van der Waals surface area contributed by atoms with Crippen molar-refractivity contribution in [2.45, 2.75) is 45.7 Å². The highest BCUT2D eigenvalue weighted by Gasteiger charge is 2.30. The van der Waals surface area contributed by atoms with Crippen LogP contribution in [0.5, 0.6) is 5.75 Å². The molecule has 196 valence electrons. The number of rotatable bonds is 13. The molecule has 3 aromatic carbocycles. The molecular formula is C30H34Cl2N2O3. The monoisotopic (exact) mass is 540 g/mol. The molecule has 0 spiro atoms. The number of hydrogen-bond acceptors (Lipinski definition) is 3. The Bertz CT molecular complexity index is 1140. The van der Waals surface area contributed by atoms with Crippen molar-refractivity contribution in [3.8, 4) is 5.75 Å². The Balaban J connectivity index is 1.81. The molecule has 7 heteroatoms. The molecule has 37 heavy (non-hydrogen) atoms. The van der Waals surface area contributed by atoms with Crippen LogP contribution >= 0.6 is 23.2 Å². The summed E-state index contributed by atoms with van der Waals surface area (Å²) in [6, 6.07) is 23.8. The third-order valence-electron chi connectivity index (χ3n) is 5.84. The molecule has 3 rings (SSSR count). The van der Waals surface area contributed by atoms with Gasteiger partial charge in [-0.15, -0.1) is 0 Å². The largest absolute Gasteiger partial charge is 0.494 e. The normalized spacial score (nSPS) is 11.7. The summed E-state index contributed by atoms with van der Waals surface area (Å²) in [7, 11) is 0. The van der Waals surface area contributed by atoms with Gasteiger partial charge in [0.05, 0.1) is 16.7 Å². The summed E-state index contributed by atoms with van der Waals surface area (Å²) in [5.41, 5.74) is 1.78. The maximum absolute atomic E-state index is 13.6. The van der Waals surface area contributed by atoms with Crippen LogP contribution in [0.15, 0.2) is 78.9 Å². The Labute approximate surface area is 229 Å². The van der Waals surface area contributed by atoms with Crippen molar-refractivity contribution < 1.29 is 14.3 Å². The smallest absolute Gasteiger partial charge is 0.243 e. The van der Waals surface area contributed by atoms with E-state index < -0.39 is 6.04 Å². The van der Waals surface area contributed by atoms with E-state index in [0.717, 1.165) is 16.9 Å². The average molecular weight is 542 g/mol. The average Bonchev–Trinajstić information content (AvgIpc) is 2.90. The summed E-state index contributed by atoms with van der Waals surface area (Å²) in [5, 5.41) is 3.88. The van der Waals surface area contributed by atoms with Gasteiger partial charge in [0.2, 0.25) is 11.8 Å². The van der Waals surface area contributed by atoms with Gasteiger partial charge in [-0.05, 0) is 47.7 Å². The van der Waals surface area contributed by atoms with Crippen molar-refractivity contribution in [3.05, 3.63) is 100 Å². The Hall–Kier alpha value is -3.02. The Morgan fingerprint density at radius 3 is 2.22 bits per heavy atom. The fourth-order valence-corrected chi connectivity index (χ4v) is 4.21. The van der Waals surface area contributed by atoms with Crippen LogP contribution < -0.4 is 10.1 Å². The molecule has 0 aliphatic rings. The van der Waals surface area contributed by atoms with Crippen molar-refractivity contribution >= 4 is 35.0 Å². The summed E-state index contributed by atoms with van der Waals surface area (Å²) in [4.78, 5) is 28.7. The van der Waals surface area contributed by atoms with Crippen molar-refractivity contribution in [3.63, 3.8) is 0 Å². The van der Waals surface area contributed by atoms with Gasteiger partial charge in [0.25, 0.3) is 0 Å². The zero-order chi connectivity index (χ0) is 26.6. The maximum atomic E-state index is 13.6. The Kier molecular flexibility index (Phi) is 11.3. The van der Waals surface area contributed by atoms with Crippen LogP contribution in [0.1, 0.15) is 37.8 Å². The van der Waals surface area contributed by atoms with Gasteiger partial charge >= 0.3 is 0 Å². The van der Waals surface area contributed by atoms with E-state index in [0.29, 0.717) is 36.0 Å². The molecule has 0 bridgehead atoms. The molecule has 0 saturated carbocycles. The molecule has 0 fully saturated rings. The van der Waals surface area contributed by atoms with E-state index in [1.165, 1.54) is 0 Å². The number of carbonyl (C=O) groups is 2. The van der Waals surface area contributed by atoms with Gasteiger partial charge in [-0.25, -0.2) is 0 Å². The fourth-order valence-electron chi connectivity index (χ4n) is 3.88. The van der Waals surface area contributed by atoms with Crippen molar-refractivity contribution in [1.29, 1.82) is 0 Å². The van der Waals surface area contributed by atoms with Crippen LogP contribution in [0.3, 0.4) is 0 Å². The van der Waals surface area contributed by atoms with E-state index in [4.69, 9.17) is 27.9 Å². The quantitative estimate of drug-likeness (QED) is 0.249. The molecule has 5 nitrogen and oxygen atoms in total. The highest BCUT2D eigenvalue weighted by atomic mass is 35.5. The van der Waals surface area contributed by atoms with Gasteiger partial charge in [0.1, 0.15) is 11.8 Å². The van der Waals surface area contributed by atoms with Gasteiger partial charge < -0.3 is 15.0 Å². The van der Waals surface area contributed by atoms with E-state index >= 15 is 0 Å². The molecular weight excluding hydrogens is 507 g/mol. The molecule has 0 radical (unpaired) electrons. The minimum absolute atomic E-state index is 0.122. The van der Waals surface area contributed by atoms with Crippen molar-refractivity contribution in [1.82, 2.24) is 10.2 Å². The summed E-state index contributed by atoms with van der Waals surface area (Å²) in [6.45, 7) is 5.25.